The lowest BCUT2D eigenvalue weighted by atomic mass is 9.78. The zero-order valence-electron chi connectivity index (χ0n) is 15.0. The highest BCUT2D eigenvalue weighted by atomic mass is 16.2. The number of benzene rings is 1. The molecule has 0 unspecified atom stereocenters. The molecule has 0 N–H and O–H groups in total. The molecule has 0 bridgehead atoms. The largest absolute Gasteiger partial charge is 0.345 e. The highest BCUT2D eigenvalue weighted by Gasteiger charge is 2.48. The average molecular weight is 353 g/mol. The molecule has 0 aliphatic carbocycles. The van der Waals surface area contributed by atoms with Gasteiger partial charge in [0.1, 0.15) is 6.54 Å². The second-order valence-corrected chi connectivity index (χ2v) is 7.50. The van der Waals surface area contributed by atoms with Gasteiger partial charge in [0, 0.05) is 44.3 Å². The fourth-order valence-corrected chi connectivity index (χ4v) is 4.38. The van der Waals surface area contributed by atoms with Crippen LogP contribution in [0.25, 0.3) is 10.9 Å². The Morgan fingerprint density at radius 1 is 1.12 bits per heavy atom. The molecular formula is C20H23N3O3. The predicted octanol–water partition coefficient (Wildman–Crippen LogP) is 1.47. The molecule has 0 radical (unpaired) electrons. The van der Waals surface area contributed by atoms with Gasteiger partial charge >= 0.3 is 0 Å². The Morgan fingerprint density at radius 2 is 1.92 bits per heavy atom. The van der Waals surface area contributed by atoms with Gasteiger partial charge in [0.05, 0.1) is 10.9 Å². The first kappa shape index (κ1) is 16.8. The first-order valence-electron chi connectivity index (χ1n) is 9.12. The maximum absolute atomic E-state index is 12.9. The summed E-state index contributed by atoms with van der Waals surface area (Å²) < 4.78 is 1.82. The summed E-state index contributed by atoms with van der Waals surface area (Å²) in [6.07, 6.45) is 4.27. The summed E-state index contributed by atoms with van der Waals surface area (Å²) in [5, 5.41) is 0.616. The van der Waals surface area contributed by atoms with Gasteiger partial charge in [-0.1, -0.05) is 12.1 Å². The monoisotopic (exact) mass is 353 g/mol. The molecule has 2 amide bonds. The third-order valence-electron chi connectivity index (χ3n) is 5.85. The molecule has 136 valence electrons. The maximum atomic E-state index is 12.9. The van der Waals surface area contributed by atoms with E-state index in [4.69, 9.17) is 0 Å². The zero-order valence-corrected chi connectivity index (χ0v) is 15.0. The van der Waals surface area contributed by atoms with Gasteiger partial charge in [0.2, 0.25) is 11.8 Å². The lowest BCUT2D eigenvalue weighted by Crippen LogP contribution is -2.48. The van der Waals surface area contributed by atoms with Gasteiger partial charge in [-0.2, -0.15) is 0 Å². The number of amides is 2. The van der Waals surface area contributed by atoms with Crippen LogP contribution in [0.1, 0.15) is 19.3 Å². The summed E-state index contributed by atoms with van der Waals surface area (Å²) in [6.45, 7) is 2.11. The summed E-state index contributed by atoms with van der Waals surface area (Å²) >= 11 is 0. The number of rotatable bonds is 2. The van der Waals surface area contributed by atoms with E-state index < -0.39 is 5.41 Å². The van der Waals surface area contributed by atoms with Crippen LogP contribution >= 0.6 is 0 Å². The van der Waals surface area contributed by atoms with E-state index in [1.165, 1.54) is 6.07 Å². The molecule has 1 aromatic carbocycles. The van der Waals surface area contributed by atoms with E-state index in [9.17, 15) is 14.4 Å². The fourth-order valence-electron chi connectivity index (χ4n) is 4.38. The van der Waals surface area contributed by atoms with Crippen LogP contribution in [0.4, 0.5) is 0 Å². The Morgan fingerprint density at radius 3 is 2.77 bits per heavy atom. The van der Waals surface area contributed by atoms with Crippen molar-refractivity contribution in [1.82, 2.24) is 14.4 Å². The van der Waals surface area contributed by atoms with Crippen LogP contribution in [0.5, 0.6) is 0 Å². The first-order valence-corrected chi connectivity index (χ1v) is 9.12. The number of likely N-dealkylation sites (tertiary alicyclic amines) is 2. The summed E-state index contributed by atoms with van der Waals surface area (Å²) in [6, 6.07) is 8.82. The molecule has 0 saturated carbocycles. The predicted molar refractivity (Wildman–Crippen MR) is 98.7 cm³/mol. The van der Waals surface area contributed by atoms with Gasteiger partial charge in [0.25, 0.3) is 0 Å². The molecule has 3 heterocycles. The topological polar surface area (TPSA) is 62.6 Å². The summed E-state index contributed by atoms with van der Waals surface area (Å²) in [5.74, 6) is 0.171. The third kappa shape index (κ3) is 2.69. The molecule has 4 rings (SSSR count). The molecule has 2 aliphatic heterocycles. The van der Waals surface area contributed by atoms with E-state index >= 15 is 0 Å². The lowest BCUT2D eigenvalue weighted by molar-refractivity contribution is -0.144. The highest BCUT2D eigenvalue weighted by molar-refractivity contribution is 5.86. The molecule has 6 heteroatoms. The normalized spacial score (nSPS) is 23.2. The van der Waals surface area contributed by atoms with E-state index in [0.29, 0.717) is 18.5 Å². The number of pyridine rings is 1. The second kappa shape index (κ2) is 6.27. The van der Waals surface area contributed by atoms with Crippen molar-refractivity contribution in [2.45, 2.75) is 25.8 Å². The number of hydrogen-bond donors (Lipinski definition) is 0. The van der Waals surface area contributed by atoms with Crippen LogP contribution in [0, 0.1) is 5.41 Å². The number of aromatic nitrogens is 1. The van der Waals surface area contributed by atoms with Crippen LogP contribution in [0.2, 0.25) is 0 Å². The SMILES string of the molecule is CN1CCC[C@@]2(CCN(C(=O)Cn3ccc(=O)c4ccccc43)C2)C1=O. The van der Waals surface area contributed by atoms with Crippen LogP contribution < -0.4 is 5.43 Å². The number of para-hydroxylation sites is 1. The number of carbonyl (C=O) groups is 2. The molecule has 2 aliphatic rings. The van der Waals surface area contributed by atoms with Gasteiger partial charge in [-0.25, -0.2) is 0 Å². The molecule has 2 fully saturated rings. The van der Waals surface area contributed by atoms with Gasteiger partial charge < -0.3 is 14.4 Å². The van der Waals surface area contributed by atoms with Crippen molar-refractivity contribution < 1.29 is 9.59 Å². The Balaban J connectivity index is 1.54. The second-order valence-electron chi connectivity index (χ2n) is 7.50. The molecular weight excluding hydrogens is 330 g/mol. The van der Waals surface area contributed by atoms with E-state index in [-0.39, 0.29) is 23.8 Å². The Hall–Kier alpha value is -2.63. The molecule has 2 aromatic rings. The molecule has 6 nitrogen and oxygen atoms in total. The average Bonchev–Trinajstić information content (AvgIpc) is 3.07. The molecule has 2 saturated heterocycles. The van der Waals surface area contributed by atoms with Crippen molar-refractivity contribution in [1.29, 1.82) is 0 Å². The minimum absolute atomic E-state index is 0.00305. The smallest absolute Gasteiger partial charge is 0.242 e. The van der Waals surface area contributed by atoms with Crippen LogP contribution in [-0.2, 0) is 16.1 Å². The van der Waals surface area contributed by atoms with Crippen molar-refractivity contribution in [2.75, 3.05) is 26.7 Å². The van der Waals surface area contributed by atoms with Crippen LogP contribution in [0.15, 0.2) is 41.3 Å². The van der Waals surface area contributed by atoms with E-state index in [1.54, 1.807) is 17.2 Å². The summed E-state index contributed by atoms with van der Waals surface area (Å²) in [7, 11) is 1.85. The number of fused-ring (bicyclic) bond motifs is 1. The van der Waals surface area contributed by atoms with Crippen molar-refractivity contribution in [3.05, 3.63) is 46.8 Å². The molecule has 1 spiro atoms. The van der Waals surface area contributed by atoms with Crippen molar-refractivity contribution in [3.63, 3.8) is 0 Å². The number of piperidine rings is 1. The van der Waals surface area contributed by atoms with Gasteiger partial charge in [-0.15, -0.1) is 0 Å². The van der Waals surface area contributed by atoms with Crippen LogP contribution in [-0.4, -0.2) is 52.9 Å². The molecule has 1 atom stereocenters. The molecule has 26 heavy (non-hydrogen) atoms. The van der Waals surface area contributed by atoms with Gasteiger partial charge in [-0.05, 0) is 31.4 Å². The van der Waals surface area contributed by atoms with Gasteiger partial charge in [0.15, 0.2) is 5.43 Å². The Labute approximate surface area is 152 Å². The number of carbonyl (C=O) groups excluding carboxylic acids is 2. The maximum Gasteiger partial charge on any atom is 0.242 e. The highest BCUT2D eigenvalue weighted by Crippen LogP contribution is 2.39. The minimum Gasteiger partial charge on any atom is -0.345 e. The lowest BCUT2D eigenvalue weighted by Gasteiger charge is -2.37. The Bertz CT molecular complexity index is 935. The zero-order chi connectivity index (χ0) is 18.3. The van der Waals surface area contributed by atoms with Crippen molar-refractivity contribution in [2.24, 2.45) is 5.41 Å². The van der Waals surface area contributed by atoms with Crippen LogP contribution in [0.3, 0.4) is 0 Å². The van der Waals surface area contributed by atoms with Gasteiger partial charge in [-0.3, -0.25) is 14.4 Å². The summed E-state index contributed by atoms with van der Waals surface area (Å²) in [5.41, 5.74) is 0.324. The quantitative estimate of drug-likeness (QED) is 0.821. The number of nitrogens with zero attached hydrogens (tertiary/aromatic N) is 3. The Kier molecular flexibility index (Phi) is 4.05. The minimum atomic E-state index is -0.395. The third-order valence-corrected chi connectivity index (χ3v) is 5.85. The van der Waals surface area contributed by atoms with Crippen molar-refractivity contribution >= 4 is 22.7 Å². The summed E-state index contributed by atoms with van der Waals surface area (Å²) in [4.78, 5) is 41.1. The molecule has 1 aromatic heterocycles. The first-order chi connectivity index (χ1) is 12.5. The standard InChI is InChI=1S/C20H23N3O3/c1-21-10-4-8-20(19(21)26)9-12-23(14-20)18(25)13-22-11-7-17(24)15-5-2-3-6-16(15)22/h2-3,5-7,11H,4,8-10,12-14H2,1H3/t20-/m0/s1. The number of hydrogen-bond acceptors (Lipinski definition) is 3. The van der Waals surface area contributed by atoms with E-state index in [2.05, 4.69) is 0 Å². The van der Waals surface area contributed by atoms with E-state index in [0.717, 1.165) is 31.3 Å². The van der Waals surface area contributed by atoms with Crippen molar-refractivity contribution in [3.8, 4) is 0 Å². The fraction of sp³-hybridized carbons (Fsp3) is 0.450. The van der Waals surface area contributed by atoms with E-state index in [1.807, 2.05) is 34.7 Å².